The highest BCUT2D eigenvalue weighted by Gasteiger charge is 2.51. The summed E-state index contributed by atoms with van der Waals surface area (Å²) in [5.41, 5.74) is 7.48. The van der Waals surface area contributed by atoms with E-state index in [-0.39, 0.29) is 0 Å². The first kappa shape index (κ1) is 27.2. The van der Waals surface area contributed by atoms with Gasteiger partial charge in [-0.25, -0.2) is 15.0 Å². The molecular formula is C42H34N4. The average molecular weight is 595 g/mol. The van der Waals surface area contributed by atoms with Gasteiger partial charge in [-0.2, -0.15) is 5.26 Å². The van der Waals surface area contributed by atoms with E-state index in [1.807, 2.05) is 42.5 Å². The van der Waals surface area contributed by atoms with Crippen molar-refractivity contribution in [3.63, 3.8) is 0 Å². The SMILES string of the molecule is N#Cc1ccc2cccc(-c3ccccc3-c3nc(-c4ccccc4)nc(-c4ccc(C56CC7CC(CC(C7)C5)C6)cc4)n3)c2c1. The summed E-state index contributed by atoms with van der Waals surface area (Å²) in [4.78, 5) is 15.3. The molecule has 5 aromatic carbocycles. The van der Waals surface area contributed by atoms with Crippen LogP contribution >= 0.6 is 0 Å². The molecule has 0 saturated heterocycles. The molecule has 0 radical (unpaired) electrons. The molecule has 0 unspecified atom stereocenters. The predicted octanol–water partition coefficient (Wildman–Crippen LogP) is 10.0. The Hall–Kier alpha value is -5.14. The van der Waals surface area contributed by atoms with E-state index in [4.69, 9.17) is 15.0 Å². The summed E-state index contributed by atoms with van der Waals surface area (Å²) in [6.07, 6.45) is 8.42. The molecule has 4 nitrogen and oxygen atoms in total. The molecule has 0 amide bonds. The second-order valence-corrected chi connectivity index (χ2v) is 13.8. The zero-order valence-corrected chi connectivity index (χ0v) is 25.7. The normalized spacial score (nSPS) is 23.0. The molecule has 6 aromatic rings. The number of fused-ring (bicyclic) bond motifs is 1. The number of rotatable bonds is 5. The van der Waals surface area contributed by atoms with E-state index in [2.05, 4.69) is 78.9 Å². The van der Waals surface area contributed by atoms with E-state index in [1.165, 1.54) is 44.1 Å². The number of hydrogen-bond acceptors (Lipinski definition) is 4. The highest BCUT2D eigenvalue weighted by Crippen LogP contribution is 2.60. The van der Waals surface area contributed by atoms with Crippen LogP contribution in [-0.2, 0) is 5.41 Å². The van der Waals surface area contributed by atoms with Crippen molar-refractivity contribution < 1.29 is 0 Å². The molecule has 4 heteroatoms. The minimum absolute atomic E-state index is 0.357. The summed E-state index contributed by atoms with van der Waals surface area (Å²) in [7, 11) is 0. The zero-order valence-electron chi connectivity index (χ0n) is 25.7. The smallest absolute Gasteiger partial charge is 0.164 e. The minimum atomic E-state index is 0.357. The summed E-state index contributed by atoms with van der Waals surface area (Å²) < 4.78 is 0. The fourth-order valence-electron chi connectivity index (χ4n) is 9.27. The first-order valence-corrected chi connectivity index (χ1v) is 16.6. The maximum Gasteiger partial charge on any atom is 0.164 e. The van der Waals surface area contributed by atoms with Crippen LogP contribution in [0.2, 0.25) is 0 Å². The van der Waals surface area contributed by atoms with Crippen molar-refractivity contribution in [2.75, 3.05) is 0 Å². The van der Waals surface area contributed by atoms with E-state index in [0.717, 1.165) is 56.3 Å². The monoisotopic (exact) mass is 594 g/mol. The molecule has 46 heavy (non-hydrogen) atoms. The molecule has 0 N–H and O–H groups in total. The molecule has 4 saturated carbocycles. The first-order valence-electron chi connectivity index (χ1n) is 16.6. The molecule has 10 rings (SSSR count). The van der Waals surface area contributed by atoms with Crippen molar-refractivity contribution in [2.24, 2.45) is 17.8 Å². The average Bonchev–Trinajstić information content (AvgIpc) is 3.11. The van der Waals surface area contributed by atoms with E-state index >= 15 is 0 Å². The van der Waals surface area contributed by atoms with Crippen molar-refractivity contribution in [1.82, 2.24) is 15.0 Å². The summed E-state index contributed by atoms with van der Waals surface area (Å²) in [5.74, 6) is 4.72. The van der Waals surface area contributed by atoms with Gasteiger partial charge in [-0.05, 0) is 101 Å². The molecule has 0 atom stereocenters. The topological polar surface area (TPSA) is 62.5 Å². The van der Waals surface area contributed by atoms with Gasteiger partial charge < -0.3 is 0 Å². The highest BCUT2D eigenvalue weighted by molar-refractivity contribution is 6.00. The lowest BCUT2D eigenvalue weighted by atomic mass is 9.48. The van der Waals surface area contributed by atoms with Crippen LogP contribution in [0.15, 0.2) is 115 Å². The van der Waals surface area contributed by atoms with Crippen molar-refractivity contribution in [3.8, 4) is 51.4 Å². The van der Waals surface area contributed by atoms with Crippen LogP contribution in [0.5, 0.6) is 0 Å². The van der Waals surface area contributed by atoms with Gasteiger partial charge in [0, 0.05) is 16.7 Å². The molecule has 4 aliphatic carbocycles. The fourth-order valence-corrected chi connectivity index (χ4v) is 9.27. The lowest BCUT2D eigenvalue weighted by Gasteiger charge is -2.57. The summed E-state index contributed by atoms with van der Waals surface area (Å²) in [6.45, 7) is 0. The fraction of sp³-hybridized carbons (Fsp3) is 0.238. The van der Waals surface area contributed by atoms with Gasteiger partial charge in [0.05, 0.1) is 11.6 Å². The Morgan fingerprint density at radius 2 is 1.13 bits per heavy atom. The van der Waals surface area contributed by atoms with Gasteiger partial charge >= 0.3 is 0 Å². The molecule has 4 fully saturated rings. The van der Waals surface area contributed by atoms with Crippen LogP contribution in [0.4, 0.5) is 0 Å². The largest absolute Gasteiger partial charge is 0.208 e. The Morgan fingerprint density at radius 1 is 0.543 bits per heavy atom. The van der Waals surface area contributed by atoms with Crippen molar-refractivity contribution in [2.45, 2.75) is 43.9 Å². The molecule has 1 aromatic heterocycles. The summed E-state index contributed by atoms with van der Waals surface area (Å²) in [6, 6.07) is 42.1. The highest BCUT2D eigenvalue weighted by atomic mass is 15.0. The molecule has 4 aliphatic rings. The standard InChI is InChI=1S/C42H34N4/c43-26-27-13-14-31-9-6-12-36(38(31)22-27)35-10-4-5-11-37(35)41-45-39(32-7-2-1-3-8-32)44-40(46-41)33-15-17-34(18-16-33)42-23-28-19-29(24-42)21-30(20-28)25-42/h1-18,22,28-30H,19-21,23-25H2. The van der Waals surface area contributed by atoms with Gasteiger partial charge in [-0.3, -0.25) is 0 Å². The first-order chi connectivity index (χ1) is 22.6. The Morgan fingerprint density at radius 3 is 1.80 bits per heavy atom. The Balaban J connectivity index is 1.17. The predicted molar refractivity (Wildman–Crippen MR) is 184 cm³/mol. The van der Waals surface area contributed by atoms with Crippen LogP contribution in [0.1, 0.15) is 49.7 Å². The summed E-state index contributed by atoms with van der Waals surface area (Å²) >= 11 is 0. The minimum Gasteiger partial charge on any atom is -0.208 e. The van der Waals surface area contributed by atoms with Crippen molar-refractivity contribution in [1.29, 1.82) is 5.26 Å². The third-order valence-electron chi connectivity index (χ3n) is 10.9. The summed E-state index contributed by atoms with van der Waals surface area (Å²) in [5, 5.41) is 11.8. The maximum atomic E-state index is 9.64. The van der Waals surface area contributed by atoms with Crippen LogP contribution in [0.3, 0.4) is 0 Å². The molecular weight excluding hydrogens is 560 g/mol. The second kappa shape index (κ2) is 10.7. The quantitative estimate of drug-likeness (QED) is 0.199. The molecule has 4 bridgehead atoms. The van der Waals surface area contributed by atoms with E-state index in [9.17, 15) is 5.26 Å². The van der Waals surface area contributed by atoms with Crippen LogP contribution in [0.25, 0.3) is 56.1 Å². The van der Waals surface area contributed by atoms with Gasteiger partial charge in [0.2, 0.25) is 0 Å². The third-order valence-corrected chi connectivity index (χ3v) is 10.9. The van der Waals surface area contributed by atoms with E-state index < -0.39 is 0 Å². The van der Waals surface area contributed by atoms with Crippen LogP contribution in [-0.4, -0.2) is 15.0 Å². The van der Waals surface area contributed by atoms with Crippen molar-refractivity contribution in [3.05, 3.63) is 126 Å². The lowest BCUT2D eigenvalue weighted by molar-refractivity contribution is -0.00518. The zero-order chi connectivity index (χ0) is 30.7. The number of benzene rings is 5. The number of nitrogens with zero attached hydrogens (tertiary/aromatic N) is 4. The van der Waals surface area contributed by atoms with Crippen molar-refractivity contribution >= 4 is 10.8 Å². The number of hydrogen-bond donors (Lipinski definition) is 0. The maximum absolute atomic E-state index is 9.64. The Labute approximate surface area is 269 Å². The van der Waals surface area contributed by atoms with Gasteiger partial charge in [0.15, 0.2) is 17.5 Å². The molecule has 0 spiro atoms. The Kier molecular flexibility index (Phi) is 6.35. The van der Waals surface area contributed by atoms with Crippen LogP contribution in [0, 0.1) is 29.1 Å². The number of aromatic nitrogens is 3. The third kappa shape index (κ3) is 4.62. The van der Waals surface area contributed by atoms with Crippen LogP contribution < -0.4 is 0 Å². The lowest BCUT2D eigenvalue weighted by Crippen LogP contribution is -2.48. The van der Waals surface area contributed by atoms with Gasteiger partial charge in [-0.1, -0.05) is 103 Å². The van der Waals surface area contributed by atoms with Gasteiger partial charge in [0.1, 0.15) is 0 Å². The van der Waals surface area contributed by atoms with E-state index in [1.54, 1.807) is 0 Å². The molecule has 0 aliphatic heterocycles. The van der Waals surface area contributed by atoms with Gasteiger partial charge in [-0.15, -0.1) is 0 Å². The molecule has 1 heterocycles. The second-order valence-electron chi connectivity index (χ2n) is 13.8. The number of nitriles is 1. The Bertz CT molecular complexity index is 2110. The van der Waals surface area contributed by atoms with Gasteiger partial charge in [0.25, 0.3) is 0 Å². The van der Waals surface area contributed by atoms with E-state index in [0.29, 0.717) is 28.5 Å². The molecule has 222 valence electrons.